The van der Waals surface area contributed by atoms with Crippen LogP contribution in [0, 0.1) is 10.1 Å². The molecule has 96 valence electrons. The molecule has 0 radical (unpaired) electrons. The number of nitrogens with one attached hydrogen (secondary N) is 1. The second-order valence-corrected chi connectivity index (χ2v) is 3.73. The number of aliphatic carboxylic acids is 1. The van der Waals surface area contributed by atoms with Crippen LogP contribution in [-0.2, 0) is 16.0 Å². The Morgan fingerprint density at radius 3 is 2.39 bits per heavy atom. The van der Waals surface area contributed by atoms with E-state index in [2.05, 4.69) is 5.32 Å². The molecule has 0 aliphatic heterocycles. The van der Waals surface area contributed by atoms with E-state index in [-0.39, 0.29) is 12.1 Å². The Morgan fingerprint density at radius 2 is 1.94 bits per heavy atom. The predicted octanol–water partition coefficient (Wildman–Crippen LogP) is 0.727. The van der Waals surface area contributed by atoms with Crippen molar-refractivity contribution < 1.29 is 19.6 Å². The Hall–Kier alpha value is -2.44. The molecule has 0 saturated carbocycles. The number of hydrogen-bond acceptors (Lipinski definition) is 4. The Bertz CT molecular complexity index is 469. The van der Waals surface area contributed by atoms with Crippen LogP contribution < -0.4 is 5.32 Å². The zero-order valence-corrected chi connectivity index (χ0v) is 9.62. The minimum absolute atomic E-state index is 0.0182. The van der Waals surface area contributed by atoms with Crippen molar-refractivity contribution in [3.63, 3.8) is 0 Å². The third kappa shape index (κ3) is 3.85. The molecule has 1 rings (SSSR count). The highest BCUT2D eigenvalue weighted by Gasteiger charge is 2.14. The van der Waals surface area contributed by atoms with Gasteiger partial charge in [0.25, 0.3) is 5.69 Å². The number of nitro groups is 1. The SMILES string of the molecule is CC(NC(=O)Cc1ccc([N+](=O)[O-])cc1)C(=O)O. The van der Waals surface area contributed by atoms with E-state index in [4.69, 9.17) is 5.11 Å². The Kier molecular flexibility index (Phi) is 4.36. The summed E-state index contributed by atoms with van der Waals surface area (Å²) in [5, 5.41) is 21.3. The molecule has 1 amide bonds. The number of rotatable bonds is 5. The van der Waals surface area contributed by atoms with Gasteiger partial charge in [-0.25, -0.2) is 0 Å². The fourth-order valence-corrected chi connectivity index (χ4v) is 1.28. The Labute approximate surface area is 103 Å². The summed E-state index contributed by atoms with van der Waals surface area (Å²) in [6, 6.07) is 4.55. The summed E-state index contributed by atoms with van der Waals surface area (Å²) in [7, 11) is 0. The van der Waals surface area contributed by atoms with Crippen LogP contribution in [0.5, 0.6) is 0 Å². The number of hydrogen-bond donors (Lipinski definition) is 2. The van der Waals surface area contributed by atoms with E-state index < -0.39 is 22.8 Å². The minimum Gasteiger partial charge on any atom is -0.480 e. The highest BCUT2D eigenvalue weighted by molar-refractivity contribution is 5.84. The average molecular weight is 252 g/mol. The van der Waals surface area contributed by atoms with Crippen LogP contribution in [0.3, 0.4) is 0 Å². The van der Waals surface area contributed by atoms with Gasteiger partial charge in [-0.3, -0.25) is 19.7 Å². The molecule has 1 aromatic rings. The molecule has 18 heavy (non-hydrogen) atoms. The van der Waals surface area contributed by atoms with Crippen molar-refractivity contribution in [1.29, 1.82) is 0 Å². The van der Waals surface area contributed by atoms with Crippen molar-refractivity contribution in [3.05, 3.63) is 39.9 Å². The Morgan fingerprint density at radius 1 is 1.39 bits per heavy atom. The first-order valence-electron chi connectivity index (χ1n) is 5.15. The molecule has 7 nitrogen and oxygen atoms in total. The number of non-ortho nitro benzene ring substituents is 1. The zero-order chi connectivity index (χ0) is 13.7. The van der Waals surface area contributed by atoms with Crippen LogP contribution >= 0.6 is 0 Å². The maximum atomic E-state index is 11.4. The van der Waals surface area contributed by atoms with Gasteiger partial charge in [0.2, 0.25) is 5.91 Å². The largest absolute Gasteiger partial charge is 0.480 e. The van der Waals surface area contributed by atoms with E-state index >= 15 is 0 Å². The second kappa shape index (κ2) is 5.76. The fraction of sp³-hybridized carbons (Fsp3) is 0.273. The van der Waals surface area contributed by atoms with E-state index in [0.29, 0.717) is 5.56 Å². The van der Waals surface area contributed by atoms with Crippen LogP contribution in [0.2, 0.25) is 0 Å². The van der Waals surface area contributed by atoms with E-state index in [1.54, 1.807) is 0 Å². The van der Waals surface area contributed by atoms with Gasteiger partial charge in [0.1, 0.15) is 6.04 Å². The van der Waals surface area contributed by atoms with Gasteiger partial charge in [0.05, 0.1) is 11.3 Å². The van der Waals surface area contributed by atoms with Crippen LogP contribution in [-0.4, -0.2) is 27.9 Å². The van der Waals surface area contributed by atoms with Gasteiger partial charge in [-0.2, -0.15) is 0 Å². The van der Waals surface area contributed by atoms with E-state index in [0.717, 1.165) is 0 Å². The van der Waals surface area contributed by atoms with Crippen molar-refractivity contribution in [1.82, 2.24) is 5.32 Å². The first kappa shape index (κ1) is 13.6. The molecule has 0 saturated heterocycles. The lowest BCUT2D eigenvalue weighted by atomic mass is 10.1. The summed E-state index contributed by atoms with van der Waals surface area (Å²) in [4.78, 5) is 31.8. The summed E-state index contributed by atoms with van der Waals surface area (Å²) in [5.41, 5.74) is 0.522. The summed E-state index contributed by atoms with van der Waals surface area (Å²) >= 11 is 0. The number of carbonyl (C=O) groups is 2. The number of benzene rings is 1. The number of carboxylic acids is 1. The number of carboxylic acid groups (broad SMARTS) is 1. The highest BCUT2D eigenvalue weighted by atomic mass is 16.6. The van der Waals surface area contributed by atoms with E-state index in [1.807, 2.05) is 0 Å². The van der Waals surface area contributed by atoms with Crippen LogP contribution in [0.4, 0.5) is 5.69 Å². The van der Waals surface area contributed by atoms with Gasteiger partial charge in [-0.15, -0.1) is 0 Å². The topological polar surface area (TPSA) is 110 Å². The first-order chi connectivity index (χ1) is 8.40. The molecule has 2 N–H and O–H groups in total. The number of amides is 1. The second-order valence-electron chi connectivity index (χ2n) is 3.73. The molecule has 0 aliphatic rings. The van der Waals surface area contributed by atoms with Gasteiger partial charge in [0, 0.05) is 12.1 Å². The van der Waals surface area contributed by atoms with Gasteiger partial charge < -0.3 is 10.4 Å². The van der Waals surface area contributed by atoms with Crippen LogP contribution in [0.15, 0.2) is 24.3 Å². The Balaban J connectivity index is 2.60. The molecular formula is C11H12N2O5. The summed E-state index contributed by atoms with van der Waals surface area (Å²) in [6.07, 6.45) is -0.0182. The molecule has 0 heterocycles. The monoisotopic (exact) mass is 252 g/mol. The smallest absolute Gasteiger partial charge is 0.325 e. The molecule has 1 aromatic carbocycles. The highest BCUT2D eigenvalue weighted by Crippen LogP contribution is 2.12. The van der Waals surface area contributed by atoms with E-state index in [9.17, 15) is 19.7 Å². The van der Waals surface area contributed by atoms with Crippen LogP contribution in [0.25, 0.3) is 0 Å². The van der Waals surface area contributed by atoms with Gasteiger partial charge in [-0.1, -0.05) is 12.1 Å². The van der Waals surface area contributed by atoms with Crippen molar-refractivity contribution in [2.45, 2.75) is 19.4 Å². The number of nitrogens with zero attached hydrogens (tertiary/aromatic N) is 1. The maximum absolute atomic E-state index is 11.4. The fourth-order valence-electron chi connectivity index (χ4n) is 1.28. The lowest BCUT2D eigenvalue weighted by Crippen LogP contribution is -2.39. The maximum Gasteiger partial charge on any atom is 0.325 e. The normalized spacial score (nSPS) is 11.6. The zero-order valence-electron chi connectivity index (χ0n) is 9.62. The molecule has 0 spiro atoms. The van der Waals surface area contributed by atoms with Crippen LogP contribution in [0.1, 0.15) is 12.5 Å². The molecule has 0 aromatic heterocycles. The van der Waals surface area contributed by atoms with Gasteiger partial charge in [-0.05, 0) is 12.5 Å². The van der Waals surface area contributed by atoms with E-state index in [1.165, 1.54) is 31.2 Å². The molecule has 1 unspecified atom stereocenters. The van der Waals surface area contributed by atoms with Gasteiger partial charge >= 0.3 is 5.97 Å². The number of nitro benzene ring substituents is 1. The quantitative estimate of drug-likeness (QED) is 0.592. The summed E-state index contributed by atoms with van der Waals surface area (Å²) < 4.78 is 0. The van der Waals surface area contributed by atoms with Crippen molar-refractivity contribution >= 4 is 17.6 Å². The average Bonchev–Trinajstić information content (AvgIpc) is 2.29. The third-order valence-corrected chi connectivity index (χ3v) is 2.26. The molecule has 7 heteroatoms. The summed E-state index contributed by atoms with van der Waals surface area (Å²) in [5.74, 6) is -1.56. The molecule has 0 aliphatic carbocycles. The van der Waals surface area contributed by atoms with Crippen molar-refractivity contribution in [3.8, 4) is 0 Å². The lowest BCUT2D eigenvalue weighted by molar-refractivity contribution is -0.384. The predicted molar refractivity (Wildman–Crippen MR) is 62.0 cm³/mol. The lowest BCUT2D eigenvalue weighted by Gasteiger charge is -2.08. The molecule has 0 bridgehead atoms. The third-order valence-electron chi connectivity index (χ3n) is 2.26. The standard InChI is InChI=1S/C11H12N2O5/c1-7(11(15)16)12-10(14)6-8-2-4-9(5-3-8)13(17)18/h2-5,7H,6H2,1H3,(H,12,14)(H,15,16). The van der Waals surface area contributed by atoms with Crippen molar-refractivity contribution in [2.75, 3.05) is 0 Å². The minimum atomic E-state index is -1.12. The van der Waals surface area contributed by atoms with Crippen molar-refractivity contribution in [2.24, 2.45) is 0 Å². The molecule has 0 fully saturated rings. The summed E-state index contributed by atoms with van der Waals surface area (Å²) in [6.45, 7) is 1.36. The molecular weight excluding hydrogens is 240 g/mol. The number of carbonyl (C=O) groups excluding carboxylic acids is 1. The van der Waals surface area contributed by atoms with Gasteiger partial charge in [0.15, 0.2) is 0 Å². The molecule has 1 atom stereocenters. The first-order valence-corrected chi connectivity index (χ1v) is 5.15.